The Bertz CT molecular complexity index is 323. The van der Waals surface area contributed by atoms with E-state index in [4.69, 9.17) is 4.74 Å². The second kappa shape index (κ2) is 5.31. The van der Waals surface area contributed by atoms with Crippen LogP contribution in [-0.2, 0) is 9.53 Å². The maximum absolute atomic E-state index is 10.9. The molecule has 0 saturated heterocycles. The van der Waals surface area contributed by atoms with Crippen LogP contribution in [0, 0.1) is 0 Å². The van der Waals surface area contributed by atoms with E-state index < -0.39 is 12.1 Å². The zero-order valence-corrected chi connectivity index (χ0v) is 8.64. The first-order chi connectivity index (χ1) is 7.17. The summed E-state index contributed by atoms with van der Waals surface area (Å²) in [5.74, 6) is 0.129. The van der Waals surface area contributed by atoms with Gasteiger partial charge in [0.05, 0.1) is 32.5 Å². The molecule has 0 amide bonds. The third-order valence-electron chi connectivity index (χ3n) is 1.92. The maximum atomic E-state index is 10.9. The topological polar surface area (TPSA) is 68.7 Å². The van der Waals surface area contributed by atoms with Crippen LogP contribution >= 0.6 is 0 Å². The van der Waals surface area contributed by atoms with Crippen molar-refractivity contribution in [3.05, 3.63) is 24.0 Å². The molecule has 1 N–H and O–H groups in total. The van der Waals surface area contributed by atoms with Crippen LogP contribution in [0.4, 0.5) is 0 Å². The molecule has 0 aliphatic carbocycles. The van der Waals surface area contributed by atoms with E-state index in [0.29, 0.717) is 11.4 Å². The zero-order valence-electron chi connectivity index (χ0n) is 8.64. The van der Waals surface area contributed by atoms with Gasteiger partial charge in [-0.3, -0.25) is 9.78 Å². The number of ether oxygens (including phenoxy) is 2. The van der Waals surface area contributed by atoms with E-state index in [9.17, 15) is 9.90 Å². The van der Waals surface area contributed by atoms with Crippen LogP contribution < -0.4 is 4.74 Å². The van der Waals surface area contributed by atoms with Gasteiger partial charge in [0.15, 0.2) is 0 Å². The van der Waals surface area contributed by atoms with E-state index in [2.05, 4.69) is 9.72 Å². The van der Waals surface area contributed by atoms with E-state index in [0.717, 1.165) is 0 Å². The number of esters is 1. The Balaban J connectivity index is 2.65. The maximum Gasteiger partial charge on any atom is 0.308 e. The van der Waals surface area contributed by atoms with Crippen LogP contribution in [-0.4, -0.2) is 30.3 Å². The summed E-state index contributed by atoms with van der Waals surface area (Å²) in [6, 6.07) is 3.27. The fourth-order valence-electron chi connectivity index (χ4n) is 1.06. The largest absolute Gasteiger partial charge is 0.495 e. The van der Waals surface area contributed by atoms with Crippen LogP contribution in [0.5, 0.6) is 5.75 Å². The first-order valence-corrected chi connectivity index (χ1v) is 4.42. The molecule has 0 radical (unpaired) electrons. The highest BCUT2D eigenvalue weighted by molar-refractivity contribution is 5.69. The van der Waals surface area contributed by atoms with Gasteiger partial charge < -0.3 is 14.6 Å². The number of methoxy groups -OCH3 is 2. The molecule has 0 unspecified atom stereocenters. The Morgan fingerprint density at radius 1 is 1.53 bits per heavy atom. The molecule has 0 fully saturated rings. The van der Waals surface area contributed by atoms with Gasteiger partial charge in [-0.15, -0.1) is 0 Å². The third kappa shape index (κ3) is 3.21. The number of nitrogens with zero attached hydrogens (tertiary/aromatic N) is 1. The van der Waals surface area contributed by atoms with Gasteiger partial charge in [-0.2, -0.15) is 0 Å². The number of aliphatic hydroxyl groups is 1. The van der Waals surface area contributed by atoms with Gasteiger partial charge in [0, 0.05) is 0 Å². The van der Waals surface area contributed by atoms with Crippen LogP contribution in [0.1, 0.15) is 18.2 Å². The molecule has 5 nitrogen and oxygen atoms in total. The zero-order chi connectivity index (χ0) is 11.3. The van der Waals surface area contributed by atoms with Crippen molar-refractivity contribution in [1.82, 2.24) is 4.98 Å². The van der Waals surface area contributed by atoms with Crippen LogP contribution in [0.25, 0.3) is 0 Å². The highest BCUT2D eigenvalue weighted by atomic mass is 16.5. The fourth-order valence-corrected chi connectivity index (χ4v) is 1.06. The molecule has 0 aromatic carbocycles. The number of carbonyl (C=O) groups is 1. The van der Waals surface area contributed by atoms with Crippen LogP contribution in [0.2, 0.25) is 0 Å². The Labute approximate surface area is 87.7 Å². The van der Waals surface area contributed by atoms with Gasteiger partial charge in [-0.25, -0.2) is 0 Å². The lowest BCUT2D eigenvalue weighted by Crippen LogP contribution is -2.09. The molecular weight excluding hydrogens is 198 g/mol. The van der Waals surface area contributed by atoms with Crippen molar-refractivity contribution >= 4 is 5.97 Å². The molecular formula is C10H13NO4. The second-order valence-corrected chi connectivity index (χ2v) is 2.92. The minimum absolute atomic E-state index is 0.101. The quantitative estimate of drug-likeness (QED) is 0.742. The van der Waals surface area contributed by atoms with Gasteiger partial charge in [-0.05, 0) is 12.1 Å². The number of rotatable bonds is 4. The molecule has 5 heteroatoms. The molecule has 1 aromatic heterocycles. The molecule has 1 rings (SSSR count). The molecule has 0 aliphatic rings. The number of pyridine rings is 1. The normalized spacial score (nSPS) is 11.9. The summed E-state index contributed by atoms with van der Waals surface area (Å²) in [4.78, 5) is 14.8. The van der Waals surface area contributed by atoms with Gasteiger partial charge in [-0.1, -0.05) is 0 Å². The SMILES string of the molecule is COC(=O)C[C@H](O)c1ccc(OC)cn1. The smallest absolute Gasteiger partial charge is 0.308 e. The van der Waals surface area contributed by atoms with Crippen molar-refractivity contribution in [3.8, 4) is 5.75 Å². The summed E-state index contributed by atoms with van der Waals surface area (Å²) < 4.78 is 9.35. The van der Waals surface area contributed by atoms with Crippen molar-refractivity contribution in [2.75, 3.05) is 14.2 Å². The molecule has 0 aliphatic heterocycles. The van der Waals surface area contributed by atoms with Crippen molar-refractivity contribution in [3.63, 3.8) is 0 Å². The lowest BCUT2D eigenvalue weighted by atomic mass is 10.1. The summed E-state index contributed by atoms with van der Waals surface area (Å²) in [5, 5.41) is 9.58. The predicted octanol–water partition coefficient (Wildman–Crippen LogP) is 0.687. The Kier molecular flexibility index (Phi) is 4.05. The average Bonchev–Trinajstić information content (AvgIpc) is 2.29. The minimum atomic E-state index is -0.941. The van der Waals surface area contributed by atoms with E-state index >= 15 is 0 Å². The lowest BCUT2D eigenvalue weighted by molar-refractivity contribution is -0.142. The number of aliphatic hydroxyl groups excluding tert-OH is 1. The predicted molar refractivity (Wildman–Crippen MR) is 52.4 cm³/mol. The van der Waals surface area contributed by atoms with Gasteiger partial charge in [0.2, 0.25) is 0 Å². The Morgan fingerprint density at radius 2 is 2.27 bits per heavy atom. The minimum Gasteiger partial charge on any atom is -0.495 e. The first kappa shape index (κ1) is 11.5. The highest BCUT2D eigenvalue weighted by Gasteiger charge is 2.14. The van der Waals surface area contributed by atoms with Crippen molar-refractivity contribution in [2.24, 2.45) is 0 Å². The number of hydrogen-bond acceptors (Lipinski definition) is 5. The molecule has 1 heterocycles. The van der Waals surface area contributed by atoms with E-state index in [1.165, 1.54) is 20.4 Å². The summed E-state index contributed by atoms with van der Waals surface area (Å²) in [7, 11) is 2.80. The van der Waals surface area contributed by atoms with Crippen molar-refractivity contribution < 1.29 is 19.4 Å². The van der Waals surface area contributed by atoms with Crippen molar-refractivity contribution in [2.45, 2.75) is 12.5 Å². The summed E-state index contributed by atoms with van der Waals surface area (Å²) >= 11 is 0. The molecule has 82 valence electrons. The number of aromatic nitrogens is 1. The fraction of sp³-hybridized carbons (Fsp3) is 0.400. The van der Waals surface area contributed by atoms with Gasteiger partial charge in [0.1, 0.15) is 11.9 Å². The van der Waals surface area contributed by atoms with Crippen LogP contribution in [0.15, 0.2) is 18.3 Å². The molecule has 15 heavy (non-hydrogen) atoms. The van der Waals surface area contributed by atoms with E-state index in [1.54, 1.807) is 12.1 Å². The molecule has 1 aromatic rings. The number of hydrogen-bond donors (Lipinski definition) is 1. The standard InChI is InChI=1S/C10H13NO4/c1-14-7-3-4-8(11-6-7)9(12)5-10(13)15-2/h3-4,6,9,12H,5H2,1-2H3/t9-/m0/s1. The van der Waals surface area contributed by atoms with Crippen molar-refractivity contribution in [1.29, 1.82) is 0 Å². The second-order valence-electron chi connectivity index (χ2n) is 2.92. The summed E-state index contributed by atoms with van der Waals surface area (Å²) in [6.07, 6.45) is 0.439. The summed E-state index contributed by atoms with van der Waals surface area (Å²) in [6.45, 7) is 0. The average molecular weight is 211 g/mol. The van der Waals surface area contributed by atoms with Crippen LogP contribution in [0.3, 0.4) is 0 Å². The lowest BCUT2D eigenvalue weighted by Gasteiger charge is -2.08. The number of carbonyl (C=O) groups excluding carboxylic acids is 1. The summed E-state index contributed by atoms with van der Waals surface area (Å²) in [5.41, 5.74) is 0.418. The molecule has 0 saturated carbocycles. The molecule has 1 atom stereocenters. The Morgan fingerprint density at radius 3 is 2.73 bits per heavy atom. The Hall–Kier alpha value is -1.62. The van der Waals surface area contributed by atoms with E-state index in [1.807, 2.05) is 0 Å². The molecule has 0 bridgehead atoms. The third-order valence-corrected chi connectivity index (χ3v) is 1.92. The van der Waals surface area contributed by atoms with Gasteiger partial charge >= 0.3 is 5.97 Å². The monoisotopic (exact) mass is 211 g/mol. The first-order valence-electron chi connectivity index (χ1n) is 4.42. The van der Waals surface area contributed by atoms with E-state index in [-0.39, 0.29) is 6.42 Å². The highest BCUT2D eigenvalue weighted by Crippen LogP contribution is 2.17. The molecule has 0 spiro atoms. The van der Waals surface area contributed by atoms with Gasteiger partial charge in [0.25, 0.3) is 0 Å².